The third kappa shape index (κ3) is 10.1. The zero-order chi connectivity index (χ0) is 15.2. The normalized spacial score (nSPS) is 11.0. The number of pyridine rings is 1. The molecule has 0 N–H and O–H groups in total. The maximum Gasteiger partial charge on any atom is 0.109 e. The Bertz CT molecular complexity index is 351. The Labute approximate surface area is 140 Å². The van der Waals surface area contributed by atoms with E-state index < -0.39 is 0 Å². The molecular weight excluding hydrogens is 322 g/mol. The van der Waals surface area contributed by atoms with E-state index in [-0.39, 0.29) is 0 Å². The molecule has 0 saturated heterocycles. The topological polar surface area (TPSA) is 12.9 Å². The van der Waals surface area contributed by atoms with Crippen LogP contribution in [0.5, 0.6) is 0 Å². The van der Waals surface area contributed by atoms with Gasteiger partial charge in [0.05, 0.1) is 0 Å². The molecule has 0 aromatic carbocycles. The van der Waals surface area contributed by atoms with Crippen molar-refractivity contribution in [1.29, 1.82) is 0 Å². The summed E-state index contributed by atoms with van der Waals surface area (Å²) in [7, 11) is 0. The van der Waals surface area contributed by atoms with Gasteiger partial charge in [-0.1, -0.05) is 83.6 Å². The Hall–Kier alpha value is -0.370. The van der Waals surface area contributed by atoms with Gasteiger partial charge in [-0.15, -0.1) is 0 Å². The van der Waals surface area contributed by atoms with Crippen LogP contribution in [0.4, 0.5) is 0 Å². The Morgan fingerprint density at radius 3 is 1.86 bits per heavy atom. The fourth-order valence-electron chi connectivity index (χ4n) is 2.76. The molecule has 0 aliphatic rings. The third-order valence-electron chi connectivity index (χ3n) is 4.14. The van der Waals surface area contributed by atoms with Crippen LogP contribution in [0, 0.1) is 0 Å². The second-order valence-electron chi connectivity index (χ2n) is 6.09. The lowest BCUT2D eigenvalue weighted by Gasteiger charge is -2.04. The maximum atomic E-state index is 4.27. The molecule has 0 spiro atoms. The van der Waals surface area contributed by atoms with Crippen molar-refractivity contribution in [1.82, 2.24) is 4.98 Å². The van der Waals surface area contributed by atoms with Gasteiger partial charge in [0.15, 0.2) is 0 Å². The second kappa shape index (κ2) is 13.3. The molecule has 0 unspecified atom stereocenters. The average Bonchev–Trinajstić information content (AvgIpc) is 2.50. The van der Waals surface area contributed by atoms with Crippen molar-refractivity contribution in [3.05, 3.63) is 28.5 Å². The number of rotatable bonds is 13. The van der Waals surface area contributed by atoms with Crippen LogP contribution in [0.1, 0.15) is 89.5 Å². The largest absolute Gasteiger partial charge is 0.249 e. The van der Waals surface area contributed by atoms with Gasteiger partial charge in [0.25, 0.3) is 0 Å². The minimum atomic E-state index is 1.02. The molecule has 1 nitrogen and oxygen atoms in total. The summed E-state index contributed by atoms with van der Waals surface area (Å²) in [5.74, 6) is 0. The summed E-state index contributed by atoms with van der Waals surface area (Å²) in [4.78, 5) is 4.27. The first kappa shape index (κ1) is 18.7. The smallest absolute Gasteiger partial charge is 0.109 e. The molecule has 2 heteroatoms. The molecule has 1 aromatic heterocycles. The number of nitrogens with zero attached hydrogens (tertiary/aromatic N) is 1. The van der Waals surface area contributed by atoms with Crippen LogP contribution in [0.2, 0.25) is 0 Å². The minimum Gasteiger partial charge on any atom is -0.249 e. The Morgan fingerprint density at radius 2 is 1.33 bits per heavy atom. The van der Waals surface area contributed by atoms with Crippen molar-refractivity contribution in [2.45, 2.75) is 90.4 Å². The standard InChI is InChI=1S/C19H32BrN/c1-2-3-4-5-6-7-8-9-10-11-12-13-15-18-16-14-17-21-19(18)20/h14,16-17H,2-13,15H2,1H3. The van der Waals surface area contributed by atoms with Crippen molar-refractivity contribution >= 4 is 15.9 Å². The molecule has 1 heterocycles. The first-order valence-corrected chi connectivity index (χ1v) is 9.73. The van der Waals surface area contributed by atoms with Gasteiger partial charge in [-0.3, -0.25) is 0 Å². The second-order valence-corrected chi connectivity index (χ2v) is 6.84. The van der Waals surface area contributed by atoms with Crippen LogP contribution in [0.25, 0.3) is 0 Å². The van der Waals surface area contributed by atoms with E-state index in [2.05, 4.69) is 33.9 Å². The quantitative estimate of drug-likeness (QED) is 0.272. The van der Waals surface area contributed by atoms with Crippen molar-refractivity contribution in [3.8, 4) is 0 Å². The van der Waals surface area contributed by atoms with E-state index >= 15 is 0 Å². The lowest BCUT2D eigenvalue weighted by molar-refractivity contribution is 0.544. The molecule has 1 rings (SSSR count). The van der Waals surface area contributed by atoms with Gasteiger partial charge in [0.1, 0.15) is 4.60 Å². The molecule has 120 valence electrons. The fourth-order valence-corrected chi connectivity index (χ4v) is 3.21. The number of aromatic nitrogens is 1. The van der Waals surface area contributed by atoms with Crippen LogP contribution in [0.15, 0.2) is 22.9 Å². The number of halogens is 1. The van der Waals surface area contributed by atoms with Crippen molar-refractivity contribution in [2.75, 3.05) is 0 Å². The predicted molar refractivity (Wildman–Crippen MR) is 96.7 cm³/mol. The average molecular weight is 354 g/mol. The van der Waals surface area contributed by atoms with Crippen molar-refractivity contribution < 1.29 is 0 Å². The molecule has 0 saturated carbocycles. The van der Waals surface area contributed by atoms with Gasteiger partial charge in [0, 0.05) is 6.20 Å². The first-order chi connectivity index (χ1) is 10.3. The SMILES string of the molecule is CCCCCCCCCCCCCCc1cccnc1Br. The van der Waals surface area contributed by atoms with E-state index in [1.807, 2.05) is 12.3 Å². The highest BCUT2D eigenvalue weighted by molar-refractivity contribution is 9.10. The summed E-state index contributed by atoms with van der Waals surface area (Å²) >= 11 is 3.52. The van der Waals surface area contributed by atoms with Gasteiger partial charge in [0.2, 0.25) is 0 Å². The minimum absolute atomic E-state index is 1.02. The van der Waals surface area contributed by atoms with E-state index in [4.69, 9.17) is 0 Å². The number of hydrogen-bond donors (Lipinski definition) is 0. The van der Waals surface area contributed by atoms with E-state index in [0.29, 0.717) is 0 Å². The summed E-state index contributed by atoms with van der Waals surface area (Å²) in [6.45, 7) is 2.28. The Morgan fingerprint density at radius 1 is 0.810 bits per heavy atom. The third-order valence-corrected chi connectivity index (χ3v) is 4.85. The summed E-state index contributed by atoms with van der Waals surface area (Å²) in [5.41, 5.74) is 1.35. The molecule has 1 aromatic rings. The molecule has 21 heavy (non-hydrogen) atoms. The first-order valence-electron chi connectivity index (χ1n) is 8.94. The van der Waals surface area contributed by atoms with Crippen molar-refractivity contribution in [2.24, 2.45) is 0 Å². The molecule has 0 radical (unpaired) electrons. The summed E-state index contributed by atoms with van der Waals surface area (Å²) < 4.78 is 1.02. The lowest BCUT2D eigenvalue weighted by atomic mass is 10.0. The monoisotopic (exact) mass is 353 g/mol. The molecule has 0 aliphatic heterocycles. The van der Waals surface area contributed by atoms with Crippen LogP contribution in [-0.4, -0.2) is 4.98 Å². The van der Waals surface area contributed by atoms with Crippen molar-refractivity contribution in [3.63, 3.8) is 0 Å². The summed E-state index contributed by atoms with van der Waals surface area (Å²) in [6, 6.07) is 4.20. The molecule has 0 amide bonds. The highest BCUT2D eigenvalue weighted by Gasteiger charge is 1.99. The fraction of sp³-hybridized carbons (Fsp3) is 0.737. The van der Waals surface area contributed by atoms with Crippen LogP contribution >= 0.6 is 15.9 Å². The van der Waals surface area contributed by atoms with Gasteiger partial charge in [-0.05, 0) is 40.4 Å². The Balaban J connectivity index is 1.84. The summed E-state index contributed by atoms with van der Waals surface area (Å²) in [5, 5.41) is 0. The van der Waals surface area contributed by atoms with Gasteiger partial charge in [-0.25, -0.2) is 4.98 Å². The van der Waals surface area contributed by atoms with Crippen LogP contribution in [-0.2, 0) is 6.42 Å². The van der Waals surface area contributed by atoms with Crippen LogP contribution in [0.3, 0.4) is 0 Å². The summed E-state index contributed by atoms with van der Waals surface area (Å²) in [6.07, 6.45) is 19.9. The lowest BCUT2D eigenvalue weighted by Crippen LogP contribution is -1.89. The molecule has 0 aliphatic carbocycles. The van der Waals surface area contributed by atoms with Gasteiger partial charge in [-0.2, -0.15) is 0 Å². The van der Waals surface area contributed by atoms with E-state index in [0.717, 1.165) is 11.0 Å². The molecule has 0 fully saturated rings. The number of unbranched alkanes of at least 4 members (excludes halogenated alkanes) is 11. The molecular formula is C19H32BrN. The zero-order valence-corrected chi connectivity index (χ0v) is 15.3. The van der Waals surface area contributed by atoms with Crippen LogP contribution < -0.4 is 0 Å². The van der Waals surface area contributed by atoms with E-state index in [1.54, 1.807) is 0 Å². The highest BCUT2D eigenvalue weighted by Crippen LogP contribution is 2.17. The van der Waals surface area contributed by atoms with Gasteiger partial charge < -0.3 is 0 Å². The van der Waals surface area contributed by atoms with E-state index in [9.17, 15) is 0 Å². The van der Waals surface area contributed by atoms with Gasteiger partial charge >= 0.3 is 0 Å². The Kier molecular flexibility index (Phi) is 11.8. The zero-order valence-electron chi connectivity index (χ0n) is 13.7. The number of hydrogen-bond acceptors (Lipinski definition) is 1. The molecule has 0 bridgehead atoms. The number of aryl methyl sites for hydroxylation is 1. The molecule has 0 atom stereocenters. The maximum absolute atomic E-state index is 4.27. The predicted octanol–water partition coefficient (Wildman–Crippen LogP) is 7.09. The highest BCUT2D eigenvalue weighted by atomic mass is 79.9. The van der Waals surface area contributed by atoms with E-state index in [1.165, 1.54) is 82.6 Å².